The largest absolute Gasteiger partial charge is 0.370 e. The van der Waals surface area contributed by atoms with Crippen molar-refractivity contribution in [3.8, 4) is 0 Å². The maximum atomic E-state index is 5.51. The molecule has 0 radical (unpaired) electrons. The van der Waals surface area contributed by atoms with Crippen molar-refractivity contribution < 1.29 is 4.52 Å². The highest BCUT2D eigenvalue weighted by Crippen LogP contribution is 2.22. The van der Waals surface area contributed by atoms with Crippen LogP contribution in [-0.4, -0.2) is 18.7 Å². The van der Waals surface area contributed by atoms with E-state index in [9.17, 15) is 0 Å². The van der Waals surface area contributed by atoms with Crippen molar-refractivity contribution in [3.05, 3.63) is 11.5 Å². The molecule has 1 rings (SSSR count). The minimum absolute atomic E-state index is 0.428. The van der Waals surface area contributed by atoms with Crippen LogP contribution in [0.25, 0.3) is 0 Å². The van der Waals surface area contributed by atoms with Crippen LogP contribution in [0, 0.1) is 6.92 Å². The molecule has 0 saturated heterocycles. The summed E-state index contributed by atoms with van der Waals surface area (Å²) in [5.74, 6) is 0.833. The predicted octanol–water partition coefficient (Wildman–Crippen LogP) is 0.898. The lowest BCUT2D eigenvalue weighted by Crippen LogP contribution is -2.18. The molecular formula is C8H15N3O. The van der Waals surface area contributed by atoms with Crippen molar-refractivity contribution in [1.29, 1.82) is 0 Å². The molecule has 0 aliphatic carbocycles. The highest BCUT2D eigenvalue weighted by Gasteiger charge is 2.13. The van der Waals surface area contributed by atoms with Gasteiger partial charge in [-0.2, -0.15) is 0 Å². The number of hydrogen-bond acceptors (Lipinski definition) is 4. The van der Waals surface area contributed by atoms with Crippen LogP contribution in [0.15, 0.2) is 4.52 Å². The molecule has 0 aromatic carbocycles. The lowest BCUT2D eigenvalue weighted by Gasteiger charge is -2.15. The summed E-state index contributed by atoms with van der Waals surface area (Å²) in [4.78, 5) is 2.08. The van der Waals surface area contributed by atoms with Gasteiger partial charge in [0.1, 0.15) is 11.4 Å². The van der Waals surface area contributed by atoms with Crippen molar-refractivity contribution in [1.82, 2.24) is 5.16 Å². The molecule has 0 bridgehead atoms. The topological polar surface area (TPSA) is 55.3 Å². The van der Waals surface area contributed by atoms with Gasteiger partial charge in [0, 0.05) is 20.1 Å². The predicted molar refractivity (Wildman–Crippen MR) is 48.1 cm³/mol. The summed E-state index contributed by atoms with van der Waals surface area (Å²) < 4.78 is 5.04. The third-order valence-corrected chi connectivity index (χ3v) is 1.95. The van der Waals surface area contributed by atoms with Gasteiger partial charge in [-0.3, -0.25) is 0 Å². The van der Waals surface area contributed by atoms with Gasteiger partial charge in [0.05, 0.1) is 0 Å². The molecule has 68 valence electrons. The molecule has 0 unspecified atom stereocenters. The lowest BCUT2D eigenvalue weighted by molar-refractivity contribution is 0.391. The van der Waals surface area contributed by atoms with Crippen molar-refractivity contribution in [2.24, 2.45) is 5.73 Å². The van der Waals surface area contributed by atoms with Gasteiger partial charge in [0.2, 0.25) is 0 Å². The van der Waals surface area contributed by atoms with E-state index < -0.39 is 0 Å². The summed E-state index contributed by atoms with van der Waals surface area (Å²) in [6.07, 6.45) is 0. The molecule has 0 amide bonds. The second-order valence-corrected chi connectivity index (χ2v) is 2.75. The molecule has 1 heterocycles. The third kappa shape index (κ3) is 1.43. The van der Waals surface area contributed by atoms with Gasteiger partial charge in [-0.05, 0) is 13.8 Å². The number of aromatic nitrogens is 1. The van der Waals surface area contributed by atoms with Crippen LogP contribution in [0.4, 0.5) is 5.69 Å². The van der Waals surface area contributed by atoms with E-state index in [4.69, 9.17) is 10.3 Å². The first kappa shape index (κ1) is 9.06. The number of rotatable bonds is 3. The molecule has 1 aromatic heterocycles. The lowest BCUT2D eigenvalue weighted by atomic mass is 10.3. The van der Waals surface area contributed by atoms with Crippen LogP contribution in [0.1, 0.15) is 18.4 Å². The molecule has 2 N–H and O–H groups in total. The van der Waals surface area contributed by atoms with Gasteiger partial charge in [0.25, 0.3) is 0 Å². The highest BCUT2D eigenvalue weighted by molar-refractivity contribution is 5.52. The third-order valence-electron chi connectivity index (χ3n) is 1.95. The summed E-state index contributed by atoms with van der Waals surface area (Å²) in [6, 6.07) is 0. The van der Waals surface area contributed by atoms with Crippen LogP contribution >= 0.6 is 0 Å². The van der Waals surface area contributed by atoms with Crippen molar-refractivity contribution >= 4 is 5.69 Å². The van der Waals surface area contributed by atoms with E-state index in [2.05, 4.69) is 17.0 Å². The highest BCUT2D eigenvalue weighted by atomic mass is 16.5. The summed E-state index contributed by atoms with van der Waals surface area (Å²) in [7, 11) is 2.00. The van der Waals surface area contributed by atoms with E-state index in [0.29, 0.717) is 6.54 Å². The summed E-state index contributed by atoms with van der Waals surface area (Å²) in [6.45, 7) is 5.33. The molecule has 0 atom stereocenters. The smallest absolute Gasteiger partial charge is 0.157 e. The standard InChI is InChI=1S/C8H15N3O/c1-4-11(3)8-6(2)12-10-7(8)5-9/h4-5,9H2,1-3H3. The van der Waals surface area contributed by atoms with Gasteiger partial charge >= 0.3 is 0 Å². The quantitative estimate of drug-likeness (QED) is 0.730. The van der Waals surface area contributed by atoms with Crippen LogP contribution in [0.2, 0.25) is 0 Å². The number of hydrogen-bond donors (Lipinski definition) is 1. The fourth-order valence-corrected chi connectivity index (χ4v) is 1.19. The minimum Gasteiger partial charge on any atom is -0.370 e. The van der Waals surface area contributed by atoms with E-state index in [-0.39, 0.29) is 0 Å². The first-order valence-electron chi connectivity index (χ1n) is 4.07. The number of nitrogens with zero attached hydrogens (tertiary/aromatic N) is 2. The van der Waals surface area contributed by atoms with Gasteiger partial charge < -0.3 is 15.2 Å². The van der Waals surface area contributed by atoms with Gasteiger partial charge in [-0.15, -0.1) is 0 Å². The zero-order valence-corrected chi connectivity index (χ0v) is 7.79. The van der Waals surface area contributed by atoms with E-state index in [1.165, 1.54) is 0 Å². The maximum absolute atomic E-state index is 5.51. The fourth-order valence-electron chi connectivity index (χ4n) is 1.19. The Labute approximate surface area is 72.3 Å². The van der Waals surface area contributed by atoms with Crippen molar-refractivity contribution in [2.75, 3.05) is 18.5 Å². The number of aryl methyl sites for hydroxylation is 1. The Balaban J connectivity index is 3.01. The van der Waals surface area contributed by atoms with E-state index >= 15 is 0 Å². The Morgan fingerprint density at radius 3 is 2.75 bits per heavy atom. The Morgan fingerprint density at radius 1 is 1.58 bits per heavy atom. The summed E-state index contributed by atoms with van der Waals surface area (Å²) in [5, 5.41) is 3.86. The average Bonchev–Trinajstić information content (AvgIpc) is 2.45. The Kier molecular flexibility index (Phi) is 2.70. The molecule has 0 saturated carbocycles. The molecule has 1 aromatic rings. The SMILES string of the molecule is CCN(C)c1c(CN)noc1C. The zero-order valence-electron chi connectivity index (χ0n) is 7.79. The summed E-state index contributed by atoms with van der Waals surface area (Å²) in [5.41, 5.74) is 7.37. The van der Waals surface area contributed by atoms with Gasteiger partial charge in [0.15, 0.2) is 5.76 Å². The monoisotopic (exact) mass is 169 g/mol. The van der Waals surface area contributed by atoms with Gasteiger partial charge in [-0.25, -0.2) is 0 Å². The normalized spacial score (nSPS) is 10.3. The van der Waals surface area contributed by atoms with Gasteiger partial charge in [-0.1, -0.05) is 5.16 Å². The molecule has 0 fully saturated rings. The maximum Gasteiger partial charge on any atom is 0.157 e. The zero-order chi connectivity index (χ0) is 9.14. The number of nitrogens with two attached hydrogens (primary N) is 1. The summed E-state index contributed by atoms with van der Waals surface area (Å²) >= 11 is 0. The molecule has 4 nitrogen and oxygen atoms in total. The Morgan fingerprint density at radius 2 is 2.25 bits per heavy atom. The van der Waals surface area contributed by atoms with Crippen LogP contribution in [0.3, 0.4) is 0 Å². The van der Waals surface area contributed by atoms with Crippen molar-refractivity contribution in [2.45, 2.75) is 20.4 Å². The molecule has 12 heavy (non-hydrogen) atoms. The average molecular weight is 169 g/mol. The van der Waals surface area contributed by atoms with Crippen LogP contribution < -0.4 is 10.6 Å². The Hall–Kier alpha value is -1.03. The molecular weight excluding hydrogens is 154 g/mol. The Bertz CT molecular complexity index is 257. The van der Waals surface area contributed by atoms with E-state index in [1.807, 2.05) is 14.0 Å². The first-order chi connectivity index (χ1) is 5.70. The molecule has 4 heteroatoms. The van der Waals surface area contributed by atoms with Crippen LogP contribution in [0.5, 0.6) is 0 Å². The second-order valence-electron chi connectivity index (χ2n) is 2.75. The minimum atomic E-state index is 0.428. The number of anilines is 1. The van der Waals surface area contributed by atoms with Crippen molar-refractivity contribution in [3.63, 3.8) is 0 Å². The molecule has 0 aliphatic heterocycles. The molecule has 0 aliphatic rings. The second kappa shape index (κ2) is 3.58. The van der Waals surface area contributed by atoms with E-state index in [1.54, 1.807) is 0 Å². The molecule has 0 spiro atoms. The first-order valence-corrected chi connectivity index (χ1v) is 4.07. The van der Waals surface area contributed by atoms with E-state index in [0.717, 1.165) is 23.7 Å². The fraction of sp³-hybridized carbons (Fsp3) is 0.625. The van der Waals surface area contributed by atoms with Crippen LogP contribution in [-0.2, 0) is 6.54 Å².